The van der Waals surface area contributed by atoms with Crippen LogP contribution in [0.15, 0.2) is 30.3 Å². The first-order valence-corrected chi connectivity index (χ1v) is 6.19. The van der Waals surface area contributed by atoms with Crippen molar-refractivity contribution < 1.29 is 4.39 Å². The summed E-state index contributed by atoms with van der Waals surface area (Å²) < 4.78 is 12.7. The van der Waals surface area contributed by atoms with Gasteiger partial charge in [0.05, 0.1) is 10.0 Å². The number of hydrogen-bond acceptors (Lipinski definition) is 2. The van der Waals surface area contributed by atoms with Crippen LogP contribution in [0.4, 0.5) is 10.2 Å². The summed E-state index contributed by atoms with van der Waals surface area (Å²) in [5, 5.41) is 3.87. The molecule has 0 radical (unpaired) electrons. The van der Waals surface area contributed by atoms with Crippen LogP contribution in [0.3, 0.4) is 0 Å². The molecule has 2 aromatic rings. The molecule has 0 saturated heterocycles. The lowest BCUT2D eigenvalue weighted by Crippen LogP contribution is -2.02. The van der Waals surface area contributed by atoms with Crippen LogP contribution in [0, 0.1) is 5.82 Å². The van der Waals surface area contributed by atoms with Crippen LogP contribution in [-0.2, 0) is 6.54 Å². The quantitative estimate of drug-likeness (QED) is 0.824. The zero-order valence-electron chi connectivity index (χ0n) is 9.05. The molecule has 1 aromatic heterocycles. The Hall–Kier alpha value is -1.03. The fourth-order valence-electron chi connectivity index (χ4n) is 1.36. The van der Waals surface area contributed by atoms with Crippen LogP contribution in [0.1, 0.15) is 5.56 Å². The number of hydrogen-bond donors (Lipinski definition) is 1. The highest BCUT2D eigenvalue weighted by atomic mass is 35.5. The van der Waals surface area contributed by atoms with Crippen molar-refractivity contribution in [1.29, 1.82) is 0 Å². The third kappa shape index (κ3) is 3.25. The summed E-state index contributed by atoms with van der Waals surface area (Å²) in [6.07, 6.45) is 0. The van der Waals surface area contributed by atoms with E-state index in [0.29, 0.717) is 22.4 Å². The maximum Gasteiger partial charge on any atom is 0.150 e. The smallest absolute Gasteiger partial charge is 0.150 e. The molecule has 6 heteroatoms. The zero-order chi connectivity index (χ0) is 13.1. The van der Waals surface area contributed by atoms with Gasteiger partial charge in [0, 0.05) is 6.54 Å². The Bertz CT molecular complexity index is 558. The molecule has 0 aliphatic rings. The lowest BCUT2D eigenvalue weighted by Gasteiger charge is -2.08. The molecule has 0 atom stereocenters. The van der Waals surface area contributed by atoms with Crippen LogP contribution in [0.2, 0.25) is 15.2 Å². The van der Waals surface area contributed by atoms with E-state index in [2.05, 4.69) is 10.3 Å². The summed E-state index contributed by atoms with van der Waals surface area (Å²) in [4.78, 5) is 4.02. The van der Waals surface area contributed by atoms with E-state index < -0.39 is 0 Å². The molecule has 0 spiro atoms. The number of benzene rings is 1. The van der Waals surface area contributed by atoms with E-state index in [-0.39, 0.29) is 11.0 Å². The first-order chi connectivity index (χ1) is 8.56. The molecule has 0 bridgehead atoms. The number of nitrogens with one attached hydrogen (secondary N) is 1. The Balaban J connectivity index is 2.10. The van der Waals surface area contributed by atoms with E-state index in [4.69, 9.17) is 34.8 Å². The van der Waals surface area contributed by atoms with Crippen LogP contribution >= 0.6 is 34.8 Å². The van der Waals surface area contributed by atoms with Crippen molar-refractivity contribution in [2.75, 3.05) is 5.32 Å². The van der Waals surface area contributed by atoms with Gasteiger partial charge in [-0.05, 0) is 23.8 Å². The third-order valence-corrected chi connectivity index (χ3v) is 3.22. The number of nitrogens with zero attached hydrogens (tertiary/aromatic N) is 1. The zero-order valence-corrected chi connectivity index (χ0v) is 11.3. The monoisotopic (exact) mass is 304 g/mol. The van der Waals surface area contributed by atoms with Crippen LogP contribution in [0.25, 0.3) is 0 Å². The molecule has 0 aliphatic heterocycles. The lowest BCUT2D eigenvalue weighted by molar-refractivity contribution is 0.627. The van der Waals surface area contributed by atoms with Gasteiger partial charge in [0.2, 0.25) is 0 Å². The maximum atomic E-state index is 12.7. The summed E-state index contributed by atoms with van der Waals surface area (Å²) in [6.45, 7) is 0.463. The second-order valence-electron chi connectivity index (χ2n) is 3.57. The van der Waals surface area contributed by atoms with Gasteiger partial charge in [0.25, 0.3) is 0 Å². The Labute approximate surface area is 119 Å². The minimum absolute atomic E-state index is 0.183. The second-order valence-corrected chi connectivity index (χ2v) is 4.74. The summed E-state index contributed by atoms with van der Waals surface area (Å²) in [6, 6.07) is 7.65. The predicted molar refractivity (Wildman–Crippen MR) is 73.0 cm³/mol. The molecule has 18 heavy (non-hydrogen) atoms. The van der Waals surface area contributed by atoms with Gasteiger partial charge in [-0.25, -0.2) is 9.37 Å². The van der Waals surface area contributed by atoms with Crippen molar-refractivity contribution in [3.63, 3.8) is 0 Å². The first kappa shape index (κ1) is 13.4. The van der Waals surface area contributed by atoms with Gasteiger partial charge in [0.1, 0.15) is 16.8 Å². The van der Waals surface area contributed by atoms with E-state index in [1.54, 1.807) is 12.1 Å². The molecule has 2 rings (SSSR count). The van der Waals surface area contributed by atoms with E-state index >= 15 is 0 Å². The molecule has 0 unspecified atom stereocenters. The van der Waals surface area contributed by atoms with Gasteiger partial charge >= 0.3 is 0 Å². The Morgan fingerprint density at radius 3 is 2.39 bits per heavy atom. The highest BCUT2D eigenvalue weighted by molar-refractivity contribution is 6.42. The van der Waals surface area contributed by atoms with Gasteiger partial charge in [-0.15, -0.1) is 0 Å². The van der Waals surface area contributed by atoms with Crippen LogP contribution in [0.5, 0.6) is 0 Å². The first-order valence-electron chi connectivity index (χ1n) is 5.06. The van der Waals surface area contributed by atoms with E-state index in [1.807, 2.05) is 0 Å². The van der Waals surface area contributed by atoms with E-state index in [9.17, 15) is 4.39 Å². The van der Waals surface area contributed by atoms with Crippen molar-refractivity contribution in [2.24, 2.45) is 0 Å². The average molecular weight is 306 g/mol. The third-order valence-electron chi connectivity index (χ3n) is 2.26. The van der Waals surface area contributed by atoms with Crippen molar-refractivity contribution in [2.45, 2.75) is 6.54 Å². The van der Waals surface area contributed by atoms with Crippen LogP contribution in [-0.4, -0.2) is 4.98 Å². The molecule has 1 N–H and O–H groups in total. The van der Waals surface area contributed by atoms with Gasteiger partial charge in [-0.2, -0.15) is 0 Å². The van der Waals surface area contributed by atoms with Crippen LogP contribution < -0.4 is 5.32 Å². The van der Waals surface area contributed by atoms with Gasteiger partial charge in [-0.1, -0.05) is 46.9 Å². The number of pyridine rings is 1. The van der Waals surface area contributed by atoms with Gasteiger partial charge in [-0.3, -0.25) is 0 Å². The van der Waals surface area contributed by atoms with Crippen molar-refractivity contribution >= 4 is 40.6 Å². The topological polar surface area (TPSA) is 24.9 Å². The number of halogens is 4. The molecule has 2 nitrogen and oxygen atoms in total. The van der Waals surface area contributed by atoms with Gasteiger partial charge in [0.15, 0.2) is 0 Å². The molecule has 0 fully saturated rings. The minimum atomic E-state index is -0.274. The largest absolute Gasteiger partial charge is 0.365 e. The fraction of sp³-hybridized carbons (Fsp3) is 0.0833. The molecule has 94 valence electrons. The minimum Gasteiger partial charge on any atom is -0.365 e. The SMILES string of the molecule is Fc1ccc(CNc2nc(Cl)c(Cl)cc2Cl)cc1. The molecular weight excluding hydrogens is 298 g/mol. The average Bonchev–Trinajstić information content (AvgIpc) is 2.34. The Morgan fingerprint density at radius 1 is 1.06 bits per heavy atom. The van der Waals surface area contributed by atoms with Crippen molar-refractivity contribution in [3.05, 3.63) is 56.9 Å². The second kappa shape index (κ2) is 5.74. The molecular formula is C12H8Cl3FN2. The number of aromatic nitrogens is 1. The fourth-order valence-corrected chi connectivity index (χ4v) is 1.92. The summed E-state index contributed by atoms with van der Waals surface area (Å²) >= 11 is 17.5. The molecule has 0 amide bonds. The highest BCUT2D eigenvalue weighted by Crippen LogP contribution is 2.29. The standard InChI is InChI=1S/C12H8Cl3FN2/c13-9-5-10(14)12(18-11(9)15)17-6-7-1-3-8(16)4-2-7/h1-5H,6H2,(H,17,18). The van der Waals surface area contributed by atoms with Gasteiger partial charge < -0.3 is 5.32 Å². The number of anilines is 1. The van der Waals surface area contributed by atoms with Crippen molar-refractivity contribution in [3.8, 4) is 0 Å². The summed E-state index contributed by atoms with van der Waals surface area (Å²) in [5.74, 6) is 0.167. The summed E-state index contributed by atoms with van der Waals surface area (Å²) in [7, 11) is 0. The molecule has 0 aliphatic carbocycles. The van der Waals surface area contributed by atoms with Crippen molar-refractivity contribution in [1.82, 2.24) is 4.98 Å². The normalized spacial score (nSPS) is 10.4. The number of rotatable bonds is 3. The maximum absolute atomic E-state index is 12.7. The van der Waals surface area contributed by atoms with E-state index in [0.717, 1.165) is 5.56 Å². The predicted octanol–water partition coefficient (Wildman–Crippen LogP) is 4.79. The molecule has 1 heterocycles. The summed E-state index contributed by atoms with van der Waals surface area (Å²) in [5.41, 5.74) is 0.903. The Morgan fingerprint density at radius 2 is 1.72 bits per heavy atom. The molecule has 0 saturated carbocycles. The lowest BCUT2D eigenvalue weighted by atomic mass is 10.2. The highest BCUT2D eigenvalue weighted by Gasteiger charge is 2.07. The van der Waals surface area contributed by atoms with E-state index in [1.165, 1.54) is 18.2 Å². The Kier molecular flexibility index (Phi) is 4.27. The molecule has 1 aromatic carbocycles.